The monoisotopic (exact) mass is 286 g/mol. The summed E-state index contributed by atoms with van der Waals surface area (Å²) >= 11 is 1.74. The number of benzene rings is 1. The van der Waals surface area contributed by atoms with E-state index in [2.05, 4.69) is 46.9 Å². The predicted octanol–water partition coefficient (Wildman–Crippen LogP) is 4.05. The van der Waals surface area contributed by atoms with Gasteiger partial charge in [-0.05, 0) is 37.3 Å². The van der Waals surface area contributed by atoms with Gasteiger partial charge in [-0.2, -0.15) is 0 Å². The Kier molecular flexibility index (Phi) is 4.48. The third-order valence-electron chi connectivity index (χ3n) is 4.06. The van der Waals surface area contributed by atoms with Crippen molar-refractivity contribution in [1.29, 1.82) is 0 Å². The van der Waals surface area contributed by atoms with Gasteiger partial charge in [0, 0.05) is 24.4 Å². The summed E-state index contributed by atoms with van der Waals surface area (Å²) in [4.78, 5) is 4.53. The van der Waals surface area contributed by atoms with E-state index in [1.54, 1.807) is 11.3 Å². The van der Waals surface area contributed by atoms with Crippen molar-refractivity contribution in [3.63, 3.8) is 0 Å². The highest BCUT2D eigenvalue weighted by Gasteiger charge is 2.17. The first-order valence-corrected chi connectivity index (χ1v) is 8.43. The molecule has 20 heavy (non-hydrogen) atoms. The van der Waals surface area contributed by atoms with Crippen LogP contribution in [-0.2, 0) is 12.8 Å². The van der Waals surface area contributed by atoms with Crippen molar-refractivity contribution in [3.05, 3.63) is 51.5 Å². The highest BCUT2D eigenvalue weighted by molar-refractivity contribution is 7.09. The molecule has 1 aliphatic carbocycles. The first-order chi connectivity index (χ1) is 9.83. The normalized spacial score (nSPS) is 18.6. The first kappa shape index (κ1) is 13.8. The van der Waals surface area contributed by atoms with Crippen LogP contribution < -0.4 is 5.32 Å². The van der Waals surface area contributed by atoms with Crippen LogP contribution in [0.5, 0.6) is 0 Å². The fourth-order valence-electron chi connectivity index (χ4n) is 3.03. The van der Waals surface area contributed by atoms with Gasteiger partial charge in [-0.1, -0.05) is 30.7 Å². The molecule has 0 radical (unpaired) electrons. The molecular formula is C17H22N2S. The van der Waals surface area contributed by atoms with Gasteiger partial charge in [-0.25, -0.2) is 4.98 Å². The lowest BCUT2D eigenvalue weighted by Gasteiger charge is -2.19. The number of rotatable bonds is 4. The number of aromatic nitrogens is 1. The Labute approximate surface area is 125 Å². The smallest absolute Gasteiger partial charge is 0.0897 e. The van der Waals surface area contributed by atoms with E-state index in [0.29, 0.717) is 6.04 Å². The second kappa shape index (κ2) is 6.51. The van der Waals surface area contributed by atoms with Gasteiger partial charge in [0.05, 0.1) is 10.7 Å². The molecule has 2 nitrogen and oxygen atoms in total. The van der Waals surface area contributed by atoms with Crippen LogP contribution in [0.1, 0.15) is 47.1 Å². The molecule has 0 bridgehead atoms. The van der Waals surface area contributed by atoms with E-state index in [1.165, 1.54) is 47.5 Å². The maximum Gasteiger partial charge on any atom is 0.0897 e. The van der Waals surface area contributed by atoms with Crippen LogP contribution in [0.2, 0.25) is 0 Å². The molecule has 3 rings (SSSR count). The number of nitrogens with one attached hydrogen (secondary N) is 1. The third kappa shape index (κ3) is 3.28. The van der Waals surface area contributed by atoms with Crippen LogP contribution in [-0.4, -0.2) is 11.5 Å². The average molecular weight is 286 g/mol. The van der Waals surface area contributed by atoms with Crippen molar-refractivity contribution < 1.29 is 0 Å². The topological polar surface area (TPSA) is 24.9 Å². The second-order valence-electron chi connectivity index (χ2n) is 5.56. The van der Waals surface area contributed by atoms with E-state index < -0.39 is 0 Å². The molecule has 106 valence electrons. The van der Waals surface area contributed by atoms with E-state index in [0.717, 1.165) is 13.0 Å². The number of thiazole rings is 1. The van der Waals surface area contributed by atoms with Gasteiger partial charge in [-0.3, -0.25) is 0 Å². The van der Waals surface area contributed by atoms with Crippen LogP contribution >= 0.6 is 11.3 Å². The standard InChI is InChI=1S/C17H22N2S/c1-13-19-15(12-20-13)10-11-18-17-9-5-3-7-14-6-2-4-8-16(14)17/h2,4,6,8,12,17-18H,3,5,7,9-11H2,1H3. The number of hydrogen-bond donors (Lipinski definition) is 1. The van der Waals surface area contributed by atoms with Crippen LogP contribution in [0, 0.1) is 6.92 Å². The van der Waals surface area contributed by atoms with Crippen LogP contribution in [0.4, 0.5) is 0 Å². The zero-order chi connectivity index (χ0) is 13.8. The molecule has 3 heteroatoms. The number of nitrogens with zero attached hydrogens (tertiary/aromatic N) is 1. The minimum absolute atomic E-state index is 0.522. The Morgan fingerprint density at radius 2 is 2.20 bits per heavy atom. The molecule has 1 aromatic carbocycles. The SMILES string of the molecule is Cc1nc(CCNC2CCCCc3ccccc32)cs1. The van der Waals surface area contributed by atoms with E-state index in [4.69, 9.17) is 0 Å². The van der Waals surface area contributed by atoms with E-state index in [9.17, 15) is 0 Å². The van der Waals surface area contributed by atoms with Gasteiger partial charge in [0.1, 0.15) is 0 Å². The summed E-state index contributed by atoms with van der Waals surface area (Å²) < 4.78 is 0. The van der Waals surface area contributed by atoms with Crippen molar-refractivity contribution in [2.75, 3.05) is 6.54 Å². The largest absolute Gasteiger partial charge is 0.310 e. The predicted molar refractivity (Wildman–Crippen MR) is 85.3 cm³/mol. The van der Waals surface area contributed by atoms with Gasteiger partial charge in [0.15, 0.2) is 0 Å². The average Bonchev–Trinajstić information content (AvgIpc) is 2.76. The second-order valence-corrected chi connectivity index (χ2v) is 6.62. The van der Waals surface area contributed by atoms with E-state index >= 15 is 0 Å². The molecule has 0 spiro atoms. The lowest BCUT2D eigenvalue weighted by atomic mass is 9.99. The van der Waals surface area contributed by atoms with Crippen molar-refractivity contribution in [2.24, 2.45) is 0 Å². The molecule has 1 unspecified atom stereocenters. The van der Waals surface area contributed by atoms with Gasteiger partial charge < -0.3 is 5.32 Å². The summed E-state index contributed by atoms with van der Waals surface area (Å²) in [5.41, 5.74) is 4.27. The Morgan fingerprint density at radius 3 is 3.05 bits per heavy atom. The fourth-order valence-corrected chi connectivity index (χ4v) is 3.68. The van der Waals surface area contributed by atoms with Gasteiger partial charge in [0.25, 0.3) is 0 Å². The molecule has 0 amide bonds. The maximum absolute atomic E-state index is 4.53. The lowest BCUT2D eigenvalue weighted by molar-refractivity contribution is 0.492. The summed E-state index contributed by atoms with van der Waals surface area (Å²) in [7, 11) is 0. The molecule has 2 aromatic rings. The van der Waals surface area contributed by atoms with E-state index in [-0.39, 0.29) is 0 Å². The molecule has 0 saturated carbocycles. The lowest BCUT2D eigenvalue weighted by Crippen LogP contribution is -2.24. The van der Waals surface area contributed by atoms with Crippen molar-refractivity contribution in [2.45, 2.75) is 45.1 Å². The third-order valence-corrected chi connectivity index (χ3v) is 4.88. The van der Waals surface area contributed by atoms with Crippen LogP contribution in [0.3, 0.4) is 0 Å². The molecule has 0 fully saturated rings. The number of aryl methyl sites for hydroxylation is 2. The fraction of sp³-hybridized carbons (Fsp3) is 0.471. The summed E-state index contributed by atoms with van der Waals surface area (Å²) in [5.74, 6) is 0. The minimum Gasteiger partial charge on any atom is -0.310 e. The molecule has 1 atom stereocenters. The van der Waals surface area contributed by atoms with Crippen LogP contribution in [0.15, 0.2) is 29.6 Å². The quantitative estimate of drug-likeness (QED) is 0.858. The number of hydrogen-bond acceptors (Lipinski definition) is 3. The van der Waals surface area contributed by atoms with Crippen LogP contribution in [0.25, 0.3) is 0 Å². The zero-order valence-electron chi connectivity index (χ0n) is 12.1. The van der Waals surface area contributed by atoms with Gasteiger partial charge in [0.2, 0.25) is 0 Å². The van der Waals surface area contributed by atoms with Gasteiger partial charge >= 0.3 is 0 Å². The first-order valence-electron chi connectivity index (χ1n) is 7.55. The Hall–Kier alpha value is -1.19. The Bertz CT molecular complexity index is 562. The minimum atomic E-state index is 0.522. The van der Waals surface area contributed by atoms with Crippen molar-refractivity contribution >= 4 is 11.3 Å². The molecule has 1 aromatic heterocycles. The zero-order valence-corrected chi connectivity index (χ0v) is 12.9. The Morgan fingerprint density at radius 1 is 1.30 bits per heavy atom. The van der Waals surface area contributed by atoms with Crippen molar-refractivity contribution in [3.8, 4) is 0 Å². The highest BCUT2D eigenvalue weighted by atomic mass is 32.1. The van der Waals surface area contributed by atoms with E-state index in [1.807, 2.05) is 0 Å². The summed E-state index contributed by atoms with van der Waals surface area (Å²) in [6, 6.07) is 9.44. The molecular weight excluding hydrogens is 264 g/mol. The summed E-state index contributed by atoms with van der Waals surface area (Å²) in [6.45, 7) is 3.09. The summed E-state index contributed by atoms with van der Waals surface area (Å²) in [6.07, 6.45) is 6.17. The maximum atomic E-state index is 4.53. The van der Waals surface area contributed by atoms with Crippen molar-refractivity contribution in [1.82, 2.24) is 10.3 Å². The summed E-state index contributed by atoms with van der Waals surface area (Å²) in [5, 5.41) is 7.09. The molecule has 1 aliphatic rings. The number of fused-ring (bicyclic) bond motifs is 1. The Balaban J connectivity index is 1.62. The molecule has 1 N–H and O–H groups in total. The highest BCUT2D eigenvalue weighted by Crippen LogP contribution is 2.28. The molecule has 0 saturated heterocycles. The molecule has 0 aliphatic heterocycles. The van der Waals surface area contributed by atoms with Gasteiger partial charge in [-0.15, -0.1) is 11.3 Å². The molecule has 1 heterocycles.